The summed E-state index contributed by atoms with van der Waals surface area (Å²) in [7, 11) is 4.15. The topological polar surface area (TPSA) is 60.8 Å². The highest BCUT2D eigenvalue weighted by molar-refractivity contribution is 5.93. The van der Waals surface area contributed by atoms with E-state index in [0.29, 0.717) is 30.0 Å². The molecule has 35 heavy (non-hydrogen) atoms. The number of terminal acetylenes is 1. The fourth-order valence-corrected chi connectivity index (χ4v) is 6.94. The molecule has 5 unspecified atom stereocenters. The Kier molecular flexibility index (Phi) is 7.06. The lowest BCUT2D eigenvalue weighted by molar-refractivity contribution is -0.114. The molecule has 0 bridgehead atoms. The largest absolute Gasteiger partial charge is 0.393 e. The molecule has 0 aliphatic heterocycles. The van der Waals surface area contributed by atoms with Crippen molar-refractivity contribution in [3.8, 4) is 12.3 Å². The lowest BCUT2D eigenvalue weighted by atomic mass is 9.53. The van der Waals surface area contributed by atoms with Crippen LogP contribution >= 0.6 is 0 Å². The Balaban J connectivity index is 0.000000431. The highest BCUT2D eigenvalue weighted by Crippen LogP contribution is 2.63. The van der Waals surface area contributed by atoms with E-state index in [-0.39, 0.29) is 11.5 Å². The van der Waals surface area contributed by atoms with Gasteiger partial charge in [0.1, 0.15) is 5.60 Å². The van der Waals surface area contributed by atoms with Gasteiger partial charge in [-0.05, 0) is 105 Å². The molecule has 4 heteroatoms. The minimum atomic E-state index is -0.931. The molecule has 0 amide bonds. The lowest BCUT2D eigenvalue weighted by Crippen LogP contribution is -2.45. The van der Waals surface area contributed by atoms with Crippen molar-refractivity contribution in [3.05, 3.63) is 52.6 Å². The predicted octanol–water partition coefficient (Wildman–Crippen LogP) is 5.40. The first-order valence-corrected chi connectivity index (χ1v) is 13.1. The smallest absolute Gasteiger partial charge is 0.156 e. The van der Waals surface area contributed by atoms with Gasteiger partial charge in [-0.15, -0.1) is 6.42 Å². The maximum atomic E-state index is 12.1. The van der Waals surface area contributed by atoms with Crippen LogP contribution in [-0.4, -0.2) is 41.8 Å². The second-order valence-corrected chi connectivity index (χ2v) is 11.9. The summed E-state index contributed by atoms with van der Waals surface area (Å²) in [5, 5.41) is 19.5. The minimum absolute atomic E-state index is 0.00527. The molecule has 4 nitrogen and oxygen atoms in total. The van der Waals surface area contributed by atoms with Gasteiger partial charge in [0.05, 0.1) is 6.10 Å². The Hall–Kier alpha value is -2.35. The van der Waals surface area contributed by atoms with Crippen LogP contribution in [0.4, 0.5) is 5.69 Å². The molecule has 1 aromatic rings. The Morgan fingerprint density at radius 1 is 1.09 bits per heavy atom. The monoisotopic (exact) mass is 475 g/mol. The molecule has 0 heterocycles. The van der Waals surface area contributed by atoms with E-state index in [1.165, 1.54) is 22.4 Å². The number of benzene rings is 1. The number of anilines is 1. The highest BCUT2D eigenvalue weighted by Gasteiger charge is 2.56. The van der Waals surface area contributed by atoms with Crippen molar-refractivity contribution in [1.29, 1.82) is 0 Å². The Bertz CT molecular complexity index is 1070. The zero-order chi connectivity index (χ0) is 25.5. The normalized spacial score (nSPS) is 31.8. The standard InChI is InChI=1S/C26H33NO2.C5H8O/c1-26-15-22(16-4-7-18(8-5-16)27(2)3)25-20-11-9-19(28)14-17(20)6-10-21(25)23(26)12-13-24(26)29;1-4-5(2,3)6/h4-5,7-8,14,21-24,29H,6,9-13,15H2,1-3H3;1,6H,2-3H3. The van der Waals surface area contributed by atoms with Gasteiger partial charge in [0.2, 0.25) is 0 Å². The van der Waals surface area contributed by atoms with Crippen LogP contribution in [0.25, 0.3) is 0 Å². The zero-order valence-corrected chi connectivity index (χ0v) is 22.0. The van der Waals surface area contributed by atoms with E-state index in [1.54, 1.807) is 19.4 Å². The second-order valence-electron chi connectivity index (χ2n) is 11.9. The first kappa shape index (κ1) is 25.7. The average molecular weight is 476 g/mol. The van der Waals surface area contributed by atoms with Gasteiger partial charge in [0.25, 0.3) is 0 Å². The van der Waals surface area contributed by atoms with E-state index < -0.39 is 5.60 Å². The average Bonchev–Trinajstić information content (AvgIpc) is 3.12. The molecular weight excluding hydrogens is 434 g/mol. The molecule has 0 radical (unpaired) electrons. The number of hydrogen-bond acceptors (Lipinski definition) is 4. The van der Waals surface area contributed by atoms with Gasteiger partial charge in [0.15, 0.2) is 5.78 Å². The molecule has 2 saturated carbocycles. The fraction of sp³-hybridized carbons (Fsp3) is 0.581. The number of rotatable bonds is 2. The van der Waals surface area contributed by atoms with Crippen LogP contribution in [0.15, 0.2) is 47.1 Å². The molecule has 188 valence electrons. The van der Waals surface area contributed by atoms with Gasteiger partial charge in [-0.25, -0.2) is 0 Å². The summed E-state index contributed by atoms with van der Waals surface area (Å²) < 4.78 is 0. The summed E-state index contributed by atoms with van der Waals surface area (Å²) in [6, 6.07) is 9.03. The van der Waals surface area contributed by atoms with Gasteiger partial charge in [-0.1, -0.05) is 30.6 Å². The summed E-state index contributed by atoms with van der Waals surface area (Å²) in [4.78, 5) is 14.2. The number of aliphatic hydroxyl groups excluding tert-OH is 1. The van der Waals surface area contributed by atoms with Crippen LogP contribution < -0.4 is 4.90 Å². The maximum Gasteiger partial charge on any atom is 0.156 e. The fourth-order valence-electron chi connectivity index (χ4n) is 6.94. The van der Waals surface area contributed by atoms with E-state index in [0.717, 1.165) is 38.5 Å². The third-order valence-electron chi connectivity index (χ3n) is 8.85. The Labute approximate surface area is 211 Å². The van der Waals surface area contributed by atoms with Gasteiger partial charge in [-0.2, -0.15) is 0 Å². The van der Waals surface area contributed by atoms with Crippen molar-refractivity contribution in [2.24, 2.45) is 17.3 Å². The molecular formula is C31H41NO3. The minimum Gasteiger partial charge on any atom is -0.393 e. The number of ketones is 1. The molecule has 4 aliphatic carbocycles. The second kappa shape index (κ2) is 9.60. The van der Waals surface area contributed by atoms with Crippen LogP contribution in [-0.2, 0) is 4.79 Å². The molecule has 2 fully saturated rings. The van der Waals surface area contributed by atoms with Crippen molar-refractivity contribution in [1.82, 2.24) is 0 Å². The molecule has 5 rings (SSSR count). The summed E-state index contributed by atoms with van der Waals surface area (Å²) in [6.45, 7) is 5.47. The quantitative estimate of drug-likeness (QED) is 0.562. The SMILES string of the molecule is C#CC(C)(C)O.CN(C)c1ccc(C2CC3(C)C(O)CCC3C3CCC4=CC(=O)CCC4=C23)cc1. The Morgan fingerprint density at radius 2 is 1.74 bits per heavy atom. The van der Waals surface area contributed by atoms with Crippen LogP contribution in [0.2, 0.25) is 0 Å². The van der Waals surface area contributed by atoms with Crippen LogP contribution in [0.5, 0.6) is 0 Å². The van der Waals surface area contributed by atoms with E-state index in [4.69, 9.17) is 11.5 Å². The third kappa shape index (κ3) is 4.99. The predicted molar refractivity (Wildman–Crippen MR) is 142 cm³/mol. The van der Waals surface area contributed by atoms with E-state index in [9.17, 15) is 9.90 Å². The van der Waals surface area contributed by atoms with Gasteiger partial charge < -0.3 is 15.1 Å². The van der Waals surface area contributed by atoms with Gasteiger partial charge >= 0.3 is 0 Å². The summed E-state index contributed by atoms with van der Waals surface area (Å²) in [5.41, 5.74) is 6.08. The molecule has 0 saturated heterocycles. The van der Waals surface area contributed by atoms with Crippen molar-refractivity contribution in [2.75, 3.05) is 19.0 Å². The third-order valence-corrected chi connectivity index (χ3v) is 8.85. The van der Waals surface area contributed by atoms with Crippen molar-refractivity contribution in [2.45, 2.75) is 83.3 Å². The van der Waals surface area contributed by atoms with Gasteiger partial charge in [-0.3, -0.25) is 4.79 Å². The summed E-state index contributed by atoms with van der Waals surface area (Å²) in [5.74, 6) is 3.96. The molecule has 2 N–H and O–H groups in total. The molecule has 0 spiro atoms. The summed E-state index contributed by atoms with van der Waals surface area (Å²) >= 11 is 0. The Morgan fingerprint density at radius 3 is 2.34 bits per heavy atom. The van der Waals surface area contributed by atoms with Crippen molar-refractivity contribution < 1.29 is 15.0 Å². The number of aliphatic hydroxyl groups is 2. The first-order chi connectivity index (χ1) is 16.4. The number of carbonyl (C=O) groups is 1. The lowest BCUT2D eigenvalue weighted by Gasteiger charge is -2.52. The van der Waals surface area contributed by atoms with Crippen molar-refractivity contribution in [3.63, 3.8) is 0 Å². The molecule has 1 aromatic carbocycles. The highest BCUT2D eigenvalue weighted by atomic mass is 16.3. The summed E-state index contributed by atoms with van der Waals surface area (Å²) in [6.07, 6.45) is 13.4. The van der Waals surface area contributed by atoms with Crippen LogP contribution in [0, 0.1) is 29.6 Å². The number of hydrogen-bond donors (Lipinski definition) is 2. The first-order valence-electron chi connectivity index (χ1n) is 13.1. The number of fused-ring (bicyclic) bond motifs is 4. The molecule has 0 aromatic heterocycles. The maximum absolute atomic E-state index is 12.1. The number of carbonyl (C=O) groups excluding carboxylic acids is 1. The number of allylic oxidation sites excluding steroid dienone is 4. The van der Waals surface area contributed by atoms with E-state index >= 15 is 0 Å². The van der Waals surface area contributed by atoms with E-state index in [1.807, 2.05) is 6.08 Å². The number of nitrogens with zero attached hydrogens (tertiary/aromatic N) is 1. The van der Waals surface area contributed by atoms with E-state index in [2.05, 4.69) is 56.1 Å². The van der Waals surface area contributed by atoms with Gasteiger partial charge in [0, 0.05) is 32.1 Å². The van der Waals surface area contributed by atoms with Crippen molar-refractivity contribution >= 4 is 11.5 Å². The van der Waals surface area contributed by atoms with Crippen LogP contribution in [0.3, 0.4) is 0 Å². The molecule has 5 atom stereocenters. The van der Waals surface area contributed by atoms with Crippen LogP contribution in [0.1, 0.15) is 77.2 Å². The zero-order valence-electron chi connectivity index (χ0n) is 22.0. The molecule has 4 aliphatic rings.